The molecule has 0 saturated heterocycles. The average molecular weight is 333 g/mol. The van der Waals surface area contributed by atoms with Gasteiger partial charge in [0.15, 0.2) is 11.5 Å². The van der Waals surface area contributed by atoms with Crippen LogP contribution in [0.4, 0.5) is 4.39 Å². The maximum atomic E-state index is 13.3. The molecule has 0 fully saturated rings. The lowest BCUT2D eigenvalue weighted by atomic mass is 10.1. The fourth-order valence-corrected chi connectivity index (χ4v) is 2.41. The first-order chi connectivity index (χ1) is 11.5. The predicted molar refractivity (Wildman–Crippen MR) is 88.3 cm³/mol. The third kappa shape index (κ3) is 3.76. The number of amides is 1. The number of ether oxygens (including phenoxy) is 3. The molecule has 6 heteroatoms. The largest absolute Gasteiger partial charge is 0.493 e. The number of halogens is 1. The molecule has 0 aliphatic rings. The van der Waals surface area contributed by atoms with E-state index in [0.29, 0.717) is 29.4 Å². The Morgan fingerprint density at radius 2 is 1.67 bits per heavy atom. The van der Waals surface area contributed by atoms with Crippen LogP contribution in [-0.4, -0.2) is 39.2 Å². The number of rotatable bonds is 6. The van der Waals surface area contributed by atoms with E-state index in [0.717, 1.165) is 5.56 Å². The van der Waals surface area contributed by atoms with Gasteiger partial charge in [0.1, 0.15) is 5.82 Å². The highest BCUT2D eigenvalue weighted by molar-refractivity contribution is 5.94. The summed E-state index contributed by atoms with van der Waals surface area (Å²) in [6.45, 7) is 0.312. The van der Waals surface area contributed by atoms with Crippen LogP contribution in [0.5, 0.6) is 17.2 Å². The summed E-state index contributed by atoms with van der Waals surface area (Å²) in [7, 11) is 6.24. The molecule has 128 valence electrons. The molecule has 24 heavy (non-hydrogen) atoms. The van der Waals surface area contributed by atoms with E-state index in [1.165, 1.54) is 44.4 Å². The monoisotopic (exact) mass is 333 g/mol. The molecule has 0 aliphatic carbocycles. The summed E-state index contributed by atoms with van der Waals surface area (Å²) in [6.07, 6.45) is 0. The Morgan fingerprint density at radius 1 is 1.04 bits per heavy atom. The minimum Gasteiger partial charge on any atom is -0.493 e. The summed E-state index contributed by atoms with van der Waals surface area (Å²) in [4.78, 5) is 13.9. The summed E-state index contributed by atoms with van der Waals surface area (Å²) in [5, 5.41) is 0. The zero-order chi connectivity index (χ0) is 17.7. The second-order valence-electron chi connectivity index (χ2n) is 5.21. The molecule has 0 radical (unpaired) electrons. The summed E-state index contributed by atoms with van der Waals surface area (Å²) in [5.41, 5.74) is 1.10. The van der Waals surface area contributed by atoms with Crippen molar-refractivity contribution in [2.75, 3.05) is 28.4 Å². The number of carbonyl (C=O) groups excluding carboxylic acids is 1. The molecule has 0 aliphatic heterocycles. The average Bonchev–Trinajstić information content (AvgIpc) is 2.59. The van der Waals surface area contributed by atoms with E-state index in [9.17, 15) is 9.18 Å². The molecular weight excluding hydrogens is 313 g/mol. The normalized spacial score (nSPS) is 10.2. The van der Waals surface area contributed by atoms with Gasteiger partial charge in [-0.15, -0.1) is 0 Å². The van der Waals surface area contributed by atoms with Gasteiger partial charge in [0.05, 0.1) is 21.3 Å². The van der Waals surface area contributed by atoms with E-state index in [1.807, 2.05) is 0 Å². The first-order valence-electron chi connectivity index (χ1n) is 7.30. The number of nitrogens with zero attached hydrogens (tertiary/aromatic N) is 1. The Labute approximate surface area is 140 Å². The van der Waals surface area contributed by atoms with E-state index >= 15 is 0 Å². The van der Waals surface area contributed by atoms with Crippen molar-refractivity contribution in [3.05, 3.63) is 53.3 Å². The molecular formula is C18H20FNO4. The van der Waals surface area contributed by atoms with Crippen LogP contribution in [0.2, 0.25) is 0 Å². The highest BCUT2D eigenvalue weighted by Crippen LogP contribution is 2.38. The van der Waals surface area contributed by atoms with Gasteiger partial charge in [-0.25, -0.2) is 4.39 Å². The van der Waals surface area contributed by atoms with Crippen molar-refractivity contribution >= 4 is 5.91 Å². The fourth-order valence-electron chi connectivity index (χ4n) is 2.41. The predicted octanol–water partition coefficient (Wildman–Crippen LogP) is 3.12. The number of hydrogen-bond acceptors (Lipinski definition) is 4. The van der Waals surface area contributed by atoms with Gasteiger partial charge in [-0.2, -0.15) is 0 Å². The quantitative estimate of drug-likeness (QED) is 0.815. The van der Waals surface area contributed by atoms with Crippen molar-refractivity contribution in [3.8, 4) is 17.2 Å². The first kappa shape index (κ1) is 17.6. The molecule has 0 bridgehead atoms. The molecule has 0 saturated carbocycles. The lowest BCUT2D eigenvalue weighted by Gasteiger charge is -2.19. The van der Waals surface area contributed by atoms with Crippen LogP contribution in [0.1, 0.15) is 15.9 Å². The lowest BCUT2D eigenvalue weighted by Crippen LogP contribution is -2.26. The molecule has 2 rings (SSSR count). The Bertz CT molecular complexity index is 708. The summed E-state index contributed by atoms with van der Waals surface area (Å²) >= 11 is 0. The summed E-state index contributed by atoms with van der Waals surface area (Å²) < 4.78 is 29.2. The zero-order valence-electron chi connectivity index (χ0n) is 14.1. The van der Waals surface area contributed by atoms with Gasteiger partial charge in [-0.1, -0.05) is 6.07 Å². The van der Waals surface area contributed by atoms with E-state index in [1.54, 1.807) is 25.2 Å². The second-order valence-corrected chi connectivity index (χ2v) is 5.21. The van der Waals surface area contributed by atoms with Crippen LogP contribution < -0.4 is 14.2 Å². The van der Waals surface area contributed by atoms with E-state index < -0.39 is 5.82 Å². The zero-order valence-corrected chi connectivity index (χ0v) is 14.1. The van der Waals surface area contributed by atoms with E-state index in [4.69, 9.17) is 14.2 Å². The smallest absolute Gasteiger partial charge is 0.253 e. The maximum absolute atomic E-state index is 13.3. The van der Waals surface area contributed by atoms with Crippen molar-refractivity contribution in [2.45, 2.75) is 6.54 Å². The van der Waals surface area contributed by atoms with Crippen molar-refractivity contribution in [1.29, 1.82) is 0 Å². The minimum atomic E-state index is -0.443. The van der Waals surface area contributed by atoms with Crippen molar-refractivity contribution < 1.29 is 23.4 Å². The van der Waals surface area contributed by atoms with Gasteiger partial charge in [-0.3, -0.25) is 4.79 Å². The maximum Gasteiger partial charge on any atom is 0.253 e. The second kappa shape index (κ2) is 7.68. The number of benzene rings is 2. The van der Waals surface area contributed by atoms with Crippen LogP contribution in [0.3, 0.4) is 0 Å². The van der Waals surface area contributed by atoms with Gasteiger partial charge in [-0.05, 0) is 35.9 Å². The van der Waals surface area contributed by atoms with Gasteiger partial charge in [0.2, 0.25) is 5.75 Å². The van der Waals surface area contributed by atoms with Crippen LogP contribution in [0.15, 0.2) is 36.4 Å². The fraction of sp³-hybridized carbons (Fsp3) is 0.278. The third-order valence-corrected chi connectivity index (χ3v) is 3.56. The molecule has 2 aromatic carbocycles. The highest BCUT2D eigenvalue weighted by atomic mass is 19.1. The van der Waals surface area contributed by atoms with Crippen LogP contribution in [-0.2, 0) is 6.54 Å². The van der Waals surface area contributed by atoms with Crippen molar-refractivity contribution in [1.82, 2.24) is 4.90 Å². The lowest BCUT2D eigenvalue weighted by molar-refractivity contribution is 0.0784. The molecule has 0 heterocycles. The van der Waals surface area contributed by atoms with Crippen molar-refractivity contribution in [2.24, 2.45) is 0 Å². The molecule has 5 nitrogen and oxygen atoms in total. The molecule has 0 aromatic heterocycles. The molecule has 0 N–H and O–H groups in total. The summed E-state index contributed by atoms with van der Waals surface area (Å²) in [5.74, 6) is 0.796. The third-order valence-electron chi connectivity index (χ3n) is 3.56. The Morgan fingerprint density at radius 3 is 2.17 bits per heavy atom. The van der Waals surface area contributed by atoms with Gasteiger partial charge < -0.3 is 19.1 Å². The number of methoxy groups -OCH3 is 3. The Hall–Kier alpha value is -2.76. The van der Waals surface area contributed by atoms with Crippen LogP contribution >= 0.6 is 0 Å². The highest BCUT2D eigenvalue weighted by Gasteiger charge is 2.17. The van der Waals surface area contributed by atoms with Crippen LogP contribution in [0.25, 0.3) is 0 Å². The van der Waals surface area contributed by atoms with Crippen LogP contribution in [0, 0.1) is 5.82 Å². The standard InChI is InChI=1S/C18H20FNO4/c1-20(18(21)13-6-5-7-14(19)10-13)11-12-8-15(22-2)17(24-4)16(9-12)23-3/h5-10H,11H2,1-4H3. The van der Waals surface area contributed by atoms with Gasteiger partial charge in [0.25, 0.3) is 5.91 Å². The molecule has 2 aromatic rings. The van der Waals surface area contributed by atoms with Gasteiger partial charge >= 0.3 is 0 Å². The summed E-state index contributed by atoms with van der Waals surface area (Å²) in [6, 6.07) is 9.16. The number of hydrogen-bond donors (Lipinski definition) is 0. The molecule has 1 amide bonds. The first-order valence-corrected chi connectivity index (χ1v) is 7.30. The Kier molecular flexibility index (Phi) is 5.63. The van der Waals surface area contributed by atoms with Crippen molar-refractivity contribution in [3.63, 3.8) is 0 Å². The van der Waals surface area contributed by atoms with E-state index in [-0.39, 0.29) is 5.91 Å². The van der Waals surface area contributed by atoms with Gasteiger partial charge in [0, 0.05) is 19.2 Å². The molecule has 0 spiro atoms. The van der Waals surface area contributed by atoms with E-state index in [2.05, 4.69) is 0 Å². The number of carbonyl (C=O) groups is 1. The SMILES string of the molecule is COc1cc(CN(C)C(=O)c2cccc(F)c2)cc(OC)c1OC. The minimum absolute atomic E-state index is 0.275. The topological polar surface area (TPSA) is 48.0 Å². The molecule has 0 unspecified atom stereocenters. The molecule has 0 atom stereocenters. The Balaban J connectivity index is 2.25.